The maximum Gasteiger partial charge on any atom is 0.262 e. The summed E-state index contributed by atoms with van der Waals surface area (Å²) in [5.74, 6) is 2.17. The Balaban J connectivity index is 2.00. The molecule has 0 radical (unpaired) electrons. The molecule has 1 amide bonds. The quantitative estimate of drug-likeness (QED) is 0.857. The van der Waals surface area contributed by atoms with Gasteiger partial charge in [0.15, 0.2) is 0 Å². The molecule has 5 heteroatoms. The summed E-state index contributed by atoms with van der Waals surface area (Å²) in [5, 5.41) is 0. The third-order valence-electron chi connectivity index (χ3n) is 3.82. The fourth-order valence-corrected chi connectivity index (χ4v) is 3.65. The summed E-state index contributed by atoms with van der Waals surface area (Å²) in [6, 6.07) is 13.3. The number of fused-ring (bicyclic) bond motifs is 1. The Hall–Kier alpha value is -2.14. The van der Waals surface area contributed by atoms with Crippen LogP contribution >= 0.6 is 11.8 Å². The third kappa shape index (κ3) is 3.15. The number of hydrogen-bond donors (Lipinski definition) is 0. The lowest BCUT2D eigenvalue weighted by molar-refractivity contribution is 0.0983. The minimum absolute atomic E-state index is 0.0422. The van der Waals surface area contributed by atoms with Crippen molar-refractivity contribution in [3.63, 3.8) is 0 Å². The van der Waals surface area contributed by atoms with Crippen LogP contribution in [0, 0.1) is 0 Å². The van der Waals surface area contributed by atoms with Crippen molar-refractivity contribution < 1.29 is 14.3 Å². The van der Waals surface area contributed by atoms with Crippen LogP contribution in [0.5, 0.6) is 11.5 Å². The summed E-state index contributed by atoms with van der Waals surface area (Å²) in [4.78, 5) is 16.1. The molecule has 3 rings (SSSR count). The first-order valence-corrected chi connectivity index (χ1v) is 8.49. The van der Waals surface area contributed by atoms with Crippen molar-refractivity contribution in [3.05, 3.63) is 48.0 Å². The lowest BCUT2D eigenvalue weighted by Crippen LogP contribution is -2.32. The number of anilines is 1. The molecule has 2 aromatic rings. The normalized spacial score (nSPS) is 13.9. The zero-order chi connectivity index (χ0) is 16.2. The average Bonchev–Trinajstić information content (AvgIpc) is 2.83. The number of hydrogen-bond acceptors (Lipinski definition) is 4. The van der Waals surface area contributed by atoms with Crippen molar-refractivity contribution in [2.24, 2.45) is 0 Å². The van der Waals surface area contributed by atoms with Crippen LogP contribution in [0.2, 0.25) is 0 Å². The van der Waals surface area contributed by atoms with E-state index in [-0.39, 0.29) is 5.91 Å². The number of carbonyl (C=O) groups is 1. The summed E-state index contributed by atoms with van der Waals surface area (Å²) >= 11 is 1.80. The van der Waals surface area contributed by atoms with Gasteiger partial charge >= 0.3 is 0 Å². The maximum absolute atomic E-state index is 13.1. The van der Waals surface area contributed by atoms with Crippen molar-refractivity contribution >= 4 is 23.4 Å². The van der Waals surface area contributed by atoms with E-state index in [0.717, 1.165) is 22.8 Å². The number of ether oxygens (including phenoxy) is 2. The van der Waals surface area contributed by atoms with Crippen molar-refractivity contribution in [1.29, 1.82) is 0 Å². The number of carbonyl (C=O) groups excluding carboxylic acids is 1. The molecular weight excluding hydrogens is 310 g/mol. The van der Waals surface area contributed by atoms with E-state index in [0.29, 0.717) is 23.6 Å². The molecule has 1 heterocycles. The number of nitrogens with zero attached hydrogens (tertiary/aromatic N) is 1. The molecule has 23 heavy (non-hydrogen) atoms. The van der Waals surface area contributed by atoms with E-state index in [2.05, 4.69) is 6.07 Å². The van der Waals surface area contributed by atoms with E-state index < -0.39 is 0 Å². The molecule has 4 nitrogen and oxygen atoms in total. The molecule has 0 atom stereocenters. The Morgan fingerprint density at radius 3 is 2.74 bits per heavy atom. The van der Waals surface area contributed by atoms with Crippen LogP contribution in [-0.4, -0.2) is 32.4 Å². The summed E-state index contributed by atoms with van der Waals surface area (Å²) < 4.78 is 10.6. The highest BCUT2D eigenvalue weighted by Gasteiger charge is 2.25. The highest BCUT2D eigenvalue weighted by atomic mass is 32.2. The largest absolute Gasteiger partial charge is 0.497 e. The minimum atomic E-state index is -0.0422. The smallest absolute Gasteiger partial charge is 0.262 e. The fraction of sp³-hybridized carbons (Fsp3) is 0.278. The second-order valence-corrected chi connectivity index (χ2v) is 6.33. The van der Waals surface area contributed by atoms with Crippen molar-refractivity contribution in [3.8, 4) is 11.5 Å². The van der Waals surface area contributed by atoms with Gasteiger partial charge in [0.05, 0.1) is 25.5 Å². The molecule has 0 N–H and O–H groups in total. The Bertz CT molecular complexity index is 717. The van der Waals surface area contributed by atoms with E-state index in [4.69, 9.17) is 9.47 Å². The second kappa shape index (κ2) is 6.96. The molecule has 1 aliphatic rings. The van der Waals surface area contributed by atoms with Crippen LogP contribution in [0.1, 0.15) is 16.8 Å². The molecule has 1 aliphatic heterocycles. The number of thioether (sulfide) groups is 1. The first kappa shape index (κ1) is 15.7. The first-order valence-electron chi connectivity index (χ1n) is 7.50. The predicted octanol–water partition coefficient (Wildman–Crippen LogP) is 3.85. The second-order valence-electron chi connectivity index (χ2n) is 5.19. The van der Waals surface area contributed by atoms with E-state index >= 15 is 0 Å². The number of methoxy groups -OCH3 is 2. The summed E-state index contributed by atoms with van der Waals surface area (Å²) in [5.41, 5.74) is 1.52. The number of para-hydroxylation sites is 1. The SMILES string of the molecule is COc1ccc(C(=O)N2CCCSc3ccccc32)c(OC)c1. The van der Waals surface area contributed by atoms with Crippen LogP contribution in [0.4, 0.5) is 5.69 Å². The molecule has 0 spiro atoms. The van der Waals surface area contributed by atoms with E-state index in [1.54, 1.807) is 44.2 Å². The Labute approximate surface area is 140 Å². The van der Waals surface area contributed by atoms with Gasteiger partial charge in [0.25, 0.3) is 5.91 Å². The molecule has 0 saturated heterocycles. The Kier molecular flexibility index (Phi) is 4.76. The number of amides is 1. The van der Waals surface area contributed by atoms with Gasteiger partial charge in [-0.1, -0.05) is 12.1 Å². The van der Waals surface area contributed by atoms with Gasteiger partial charge in [0.1, 0.15) is 11.5 Å². The van der Waals surface area contributed by atoms with Gasteiger partial charge in [0, 0.05) is 17.5 Å². The van der Waals surface area contributed by atoms with E-state index in [1.165, 1.54) is 0 Å². The first-order chi connectivity index (χ1) is 11.2. The van der Waals surface area contributed by atoms with E-state index in [1.807, 2.05) is 23.1 Å². The van der Waals surface area contributed by atoms with Crippen LogP contribution in [0.3, 0.4) is 0 Å². The van der Waals surface area contributed by atoms with Crippen molar-refractivity contribution in [1.82, 2.24) is 0 Å². The Morgan fingerprint density at radius 2 is 1.96 bits per heavy atom. The molecule has 2 aromatic carbocycles. The Morgan fingerprint density at radius 1 is 1.13 bits per heavy atom. The molecule has 0 saturated carbocycles. The summed E-state index contributed by atoms with van der Waals surface area (Å²) in [6.45, 7) is 0.706. The molecule has 0 aromatic heterocycles. The maximum atomic E-state index is 13.1. The zero-order valence-electron chi connectivity index (χ0n) is 13.2. The van der Waals surface area contributed by atoms with Crippen LogP contribution in [0.15, 0.2) is 47.4 Å². The van der Waals surface area contributed by atoms with Gasteiger partial charge in [-0.3, -0.25) is 4.79 Å². The molecular formula is C18H19NO3S. The standard InChI is InChI=1S/C18H19NO3S/c1-21-13-8-9-14(16(12-13)22-2)18(20)19-10-5-11-23-17-7-4-3-6-15(17)19/h3-4,6-9,12H,5,10-11H2,1-2H3. The topological polar surface area (TPSA) is 38.8 Å². The highest BCUT2D eigenvalue weighted by molar-refractivity contribution is 7.99. The van der Waals surface area contributed by atoms with Crippen molar-refractivity contribution in [2.45, 2.75) is 11.3 Å². The lowest BCUT2D eigenvalue weighted by Gasteiger charge is -2.23. The van der Waals surface area contributed by atoms with Crippen LogP contribution in [-0.2, 0) is 0 Å². The highest BCUT2D eigenvalue weighted by Crippen LogP contribution is 2.35. The molecule has 120 valence electrons. The molecule has 0 unspecified atom stereocenters. The zero-order valence-corrected chi connectivity index (χ0v) is 14.1. The minimum Gasteiger partial charge on any atom is -0.497 e. The molecule has 0 aliphatic carbocycles. The van der Waals surface area contributed by atoms with Gasteiger partial charge in [0.2, 0.25) is 0 Å². The molecule has 0 fully saturated rings. The van der Waals surface area contributed by atoms with Gasteiger partial charge in [-0.05, 0) is 36.4 Å². The van der Waals surface area contributed by atoms with Gasteiger partial charge < -0.3 is 14.4 Å². The summed E-state index contributed by atoms with van der Waals surface area (Å²) in [7, 11) is 3.16. The summed E-state index contributed by atoms with van der Waals surface area (Å²) in [6.07, 6.45) is 0.962. The number of benzene rings is 2. The van der Waals surface area contributed by atoms with Gasteiger partial charge in [-0.15, -0.1) is 11.8 Å². The monoisotopic (exact) mass is 329 g/mol. The number of rotatable bonds is 3. The molecule has 0 bridgehead atoms. The van der Waals surface area contributed by atoms with Crippen LogP contribution in [0.25, 0.3) is 0 Å². The van der Waals surface area contributed by atoms with E-state index in [9.17, 15) is 4.79 Å². The van der Waals surface area contributed by atoms with Gasteiger partial charge in [-0.2, -0.15) is 0 Å². The average molecular weight is 329 g/mol. The van der Waals surface area contributed by atoms with Crippen LogP contribution < -0.4 is 14.4 Å². The van der Waals surface area contributed by atoms with Gasteiger partial charge in [-0.25, -0.2) is 0 Å². The predicted molar refractivity (Wildman–Crippen MR) is 93.0 cm³/mol. The lowest BCUT2D eigenvalue weighted by atomic mass is 10.1. The fourth-order valence-electron chi connectivity index (χ4n) is 2.66. The van der Waals surface area contributed by atoms with Crippen molar-refractivity contribution in [2.75, 3.05) is 31.4 Å². The third-order valence-corrected chi connectivity index (χ3v) is 4.97.